The second kappa shape index (κ2) is 7.29. The van der Waals surface area contributed by atoms with Crippen molar-refractivity contribution in [3.05, 3.63) is 77.5 Å². The maximum absolute atomic E-state index is 11.7. The van der Waals surface area contributed by atoms with Crippen LogP contribution < -0.4 is 10.5 Å². The van der Waals surface area contributed by atoms with Crippen LogP contribution in [0.5, 0.6) is 5.75 Å². The first kappa shape index (κ1) is 14.9. The molecule has 0 atom stereocenters. The number of rotatable bonds is 6. The Bertz CT molecular complexity index is 629. The van der Waals surface area contributed by atoms with Crippen LogP contribution in [0, 0.1) is 0 Å². The summed E-state index contributed by atoms with van der Waals surface area (Å²) in [5.41, 5.74) is 8.06. The average molecular weight is 281 g/mol. The zero-order chi connectivity index (χ0) is 15.1. The van der Waals surface area contributed by atoms with E-state index in [1.807, 2.05) is 54.6 Å². The van der Waals surface area contributed by atoms with Gasteiger partial charge in [0.25, 0.3) is 0 Å². The number of hydrogen-bond acceptors (Lipinski definition) is 3. The van der Waals surface area contributed by atoms with Crippen LogP contribution in [-0.4, -0.2) is 5.78 Å². The molecule has 0 heterocycles. The Morgan fingerprint density at radius 1 is 1.10 bits per heavy atom. The highest BCUT2D eigenvalue weighted by Crippen LogP contribution is 2.16. The number of hydrogen-bond donors (Lipinski definition) is 1. The molecular weight excluding hydrogens is 262 g/mol. The topological polar surface area (TPSA) is 52.3 Å². The fourth-order valence-electron chi connectivity index (χ4n) is 1.99. The molecule has 0 radical (unpaired) electrons. The SMILES string of the molecule is C/C(N)=C/C(=O)Cc1cccc(OCc2ccccc2)c1. The quantitative estimate of drug-likeness (QED) is 0.827. The van der Waals surface area contributed by atoms with E-state index < -0.39 is 0 Å². The molecule has 0 unspecified atom stereocenters. The van der Waals surface area contributed by atoms with E-state index in [1.54, 1.807) is 6.92 Å². The van der Waals surface area contributed by atoms with Crippen molar-refractivity contribution in [3.8, 4) is 5.75 Å². The number of benzene rings is 2. The highest BCUT2D eigenvalue weighted by molar-refractivity contribution is 5.91. The van der Waals surface area contributed by atoms with Gasteiger partial charge in [0.15, 0.2) is 5.78 Å². The van der Waals surface area contributed by atoms with Gasteiger partial charge in [0, 0.05) is 12.1 Å². The Morgan fingerprint density at radius 2 is 1.81 bits per heavy atom. The summed E-state index contributed by atoms with van der Waals surface area (Å²) in [5.74, 6) is 0.757. The average Bonchev–Trinajstić information content (AvgIpc) is 2.46. The maximum Gasteiger partial charge on any atom is 0.161 e. The van der Waals surface area contributed by atoms with Gasteiger partial charge < -0.3 is 10.5 Å². The van der Waals surface area contributed by atoms with Crippen molar-refractivity contribution < 1.29 is 9.53 Å². The number of allylic oxidation sites excluding steroid dienone is 2. The number of carbonyl (C=O) groups excluding carboxylic acids is 1. The van der Waals surface area contributed by atoms with Crippen LogP contribution in [0.4, 0.5) is 0 Å². The van der Waals surface area contributed by atoms with Gasteiger partial charge in [-0.3, -0.25) is 4.79 Å². The third-order valence-electron chi connectivity index (χ3n) is 2.91. The second-order valence-corrected chi connectivity index (χ2v) is 4.95. The summed E-state index contributed by atoms with van der Waals surface area (Å²) >= 11 is 0. The van der Waals surface area contributed by atoms with E-state index in [-0.39, 0.29) is 5.78 Å². The Morgan fingerprint density at radius 3 is 2.52 bits per heavy atom. The Kier molecular flexibility index (Phi) is 5.16. The normalized spacial score (nSPS) is 11.2. The Hall–Kier alpha value is -2.55. The van der Waals surface area contributed by atoms with Crippen LogP contribution in [0.25, 0.3) is 0 Å². The standard InChI is InChI=1S/C18H19NO2/c1-14(19)10-17(20)11-16-8-5-9-18(12-16)21-13-15-6-3-2-4-7-15/h2-10,12H,11,13,19H2,1H3/b14-10-. The lowest BCUT2D eigenvalue weighted by atomic mass is 10.1. The summed E-state index contributed by atoms with van der Waals surface area (Å²) < 4.78 is 5.74. The summed E-state index contributed by atoms with van der Waals surface area (Å²) in [6.45, 7) is 2.22. The van der Waals surface area contributed by atoms with Gasteiger partial charge in [-0.05, 0) is 36.3 Å². The van der Waals surface area contributed by atoms with Crippen LogP contribution in [0.15, 0.2) is 66.4 Å². The van der Waals surface area contributed by atoms with E-state index in [9.17, 15) is 4.79 Å². The van der Waals surface area contributed by atoms with Crippen LogP contribution in [0.2, 0.25) is 0 Å². The van der Waals surface area contributed by atoms with Gasteiger partial charge in [0.1, 0.15) is 12.4 Å². The summed E-state index contributed by atoms with van der Waals surface area (Å²) in [7, 11) is 0. The minimum Gasteiger partial charge on any atom is -0.489 e. The minimum atomic E-state index is -0.00444. The minimum absolute atomic E-state index is 0.00444. The summed E-state index contributed by atoms with van der Waals surface area (Å²) in [4.78, 5) is 11.7. The molecule has 108 valence electrons. The van der Waals surface area contributed by atoms with E-state index in [4.69, 9.17) is 10.5 Å². The van der Waals surface area contributed by atoms with Crippen LogP contribution >= 0.6 is 0 Å². The third kappa shape index (κ3) is 5.15. The van der Waals surface area contributed by atoms with Gasteiger partial charge >= 0.3 is 0 Å². The first-order valence-corrected chi connectivity index (χ1v) is 6.86. The highest BCUT2D eigenvalue weighted by Gasteiger charge is 2.03. The van der Waals surface area contributed by atoms with Crippen LogP contribution in [0.1, 0.15) is 18.1 Å². The molecule has 21 heavy (non-hydrogen) atoms. The number of nitrogens with two attached hydrogens (primary N) is 1. The van der Waals surface area contributed by atoms with Gasteiger partial charge in [-0.2, -0.15) is 0 Å². The molecule has 0 aliphatic heterocycles. The molecule has 2 rings (SSSR count). The van der Waals surface area contributed by atoms with Crippen LogP contribution in [-0.2, 0) is 17.8 Å². The van der Waals surface area contributed by atoms with Gasteiger partial charge in [-0.25, -0.2) is 0 Å². The lowest BCUT2D eigenvalue weighted by molar-refractivity contribution is -0.114. The van der Waals surface area contributed by atoms with Gasteiger partial charge in [0.05, 0.1) is 0 Å². The predicted molar refractivity (Wildman–Crippen MR) is 83.9 cm³/mol. The van der Waals surface area contributed by atoms with E-state index in [0.29, 0.717) is 18.7 Å². The Balaban J connectivity index is 1.98. The van der Waals surface area contributed by atoms with Gasteiger partial charge in [0.2, 0.25) is 0 Å². The van der Waals surface area contributed by atoms with E-state index in [1.165, 1.54) is 6.08 Å². The molecule has 0 bridgehead atoms. The molecule has 0 aliphatic rings. The molecule has 3 heteroatoms. The van der Waals surface area contributed by atoms with E-state index >= 15 is 0 Å². The molecule has 0 saturated heterocycles. The summed E-state index contributed by atoms with van der Waals surface area (Å²) in [5, 5.41) is 0. The van der Waals surface area contributed by atoms with Crippen molar-refractivity contribution in [1.82, 2.24) is 0 Å². The van der Waals surface area contributed by atoms with Crippen molar-refractivity contribution in [3.63, 3.8) is 0 Å². The first-order valence-electron chi connectivity index (χ1n) is 6.86. The Labute approximate surface area is 125 Å². The predicted octanol–water partition coefficient (Wildman–Crippen LogP) is 3.24. The molecule has 0 fully saturated rings. The van der Waals surface area contributed by atoms with Crippen molar-refractivity contribution in [2.45, 2.75) is 20.0 Å². The fourth-order valence-corrected chi connectivity index (χ4v) is 1.99. The number of carbonyl (C=O) groups is 1. The van der Waals surface area contributed by atoms with Gasteiger partial charge in [-0.15, -0.1) is 0 Å². The molecule has 2 aromatic rings. The third-order valence-corrected chi connectivity index (χ3v) is 2.91. The lowest BCUT2D eigenvalue weighted by Gasteiger charge is -2.07. The van der Waals surface area contributed by atoms with Crippen molar-refractivity contribution in [1.29, 1.82) is 0 Å². The van der Waals surface area contributed by atoms with Crippen molar-refractivity contribution in [2.75, 3.05) is 0 Å². The molecular formula is C18H19NO2. The largest absolute Gasteiger partial charge is 0.489 e. The van der Waals surface area contributed by atoms with Crippen LogP contribution in [0.3, 0.4) is 0 Å². The zero-order valence-electron chi connectivity index (χ0n) is 12.1. The maximum atomic E-state index is 11.7. The number of ether oxygens (including phenoxy) is 1. The molecule has 2 N–H and O–H groups in total. The molecule has 0 spiro atoms. The second-order valence-electron chi connectivity index (χ2n) is 4.95. The van der Waals surface area contributed by atoms with Gasteiger partial charge in [-0.1, -0.05) is 42.5 Å². The zero-order valence-corrected chi connectivity index (χ0v) is 12.1. The van der Waals surface area contributed by atoms with Crippen molar-refractivity contribution in [2.24, 2.45) is 5.73 Å². The van der Waals surface area contributed by atoms with E-state index in [0.717, 1.165) is 16.9 Å². The van der Waals surface area contributed by atoms with E-state index in [2.05, 4.69) is 0 Å². The molecule has 0 aliphatic carbocycles. The summed E-state index contributed by atoms with van der Waals surface area (Å²) in [6.07, 6.45) is 1.79. The molecule has 0 amide bonds. The van der Waals surface area contributed by atoms with Crippen molar-refractivity contribution >= 4 is 5.78 Å². The molecule has 2 aromatic carbocycles. The fraction of sp³-hybridized carbons (Fsp3) is 0.167. The molecule has 3 nitrogen and oxygen atoms in total. The highest BCUT2D eigenvalue weighted by atomic mass is 16.5. The smallest absolute Gasteiger partial charge is 0.161 e. The lowest BCUT2D eigenvalue weighted by Crippen LogP contribution is -2.03. The number of ketones is 1. The first-order chi connectivity index (χ1) is 10.1. The molecule has 0 aromatic heterocycles. The molecule has 0 saturated carbocycles. The summed E-state index contributed by atoms with van der Waals surface area (Å²) in [6, 6.07) is 17.5. The monoisotopic (exact) mass is 281 g/mol.